The predicted molar refractivity (Wildman–Crippen MR) is 95.8 cm³/mol. The highest BCUT2D eigenvalue weighted by Gasteiger charge is 2.12. The van der Waals surface area contributed by atoms with Crippen LogP contribution in [0.3, 0.4) is 0 Å². The Kier molecular flexibility index (Phi) is 4.02. The van der Waals surface area contributed by atoms with E-state index >= 15 is 0 Å². The highest BCUT2D eigenvalue weighted by molar-refractivity contribution is 9.11. The van der Waals surface area contributed by atoms with Crippen molar-refractivity contribution in [2.24, 2.45) is 0 Å². The molecule has 0 aliphatic carbocycles. The molecule has 0 spiro atoms. The van der Waals surface area contributed by atoms with Gasteiger partial charge in [-0.05, 0) is 70.0 Å². The Hall–Kier alpha value is 0.0600. The molecule has 0 aliphatic rings. The first kappa shape index (κ1) is 14.0. The van der Waals surface area contributed by atoms with Gasteiger partial charge in [-0.3, -0.25) is 0 Å². The van der Waals surface area contributed by atoms with Crippen molar-refractivity contribution in [3.63, 3.8) is 0 Å². The van der Waals surface area contributed by atoms with E-state index in [2.05, 4.69) is 70.0 Å². The molecule has 3 aromatic heterocycles. The van der Waals surface area contributed by atoms with Gasteiger partial charge in [-0.15, -0.1) is 34.0 Å². The molecule has 0 aliphatic heterocycles. The summed E-state index contributed by atoms with van der Waals surface area (Å²) in [6.07, 6.45) is 0. The Morgan fingerprint density at radius 1 is 0.737 bits per heavy atom. The summed E-state index contributed by atoms with van der Waals surface area (Å²) < 4.78 is 2.40. The minimum atomic E-state index is 1.20. The summed E-state index contributed by atoms with van der Waals surface area (Å²) in [5.74, 6) is 0. The molecule has 0 saturated heterocycles. The Morgan fingerprint density at radius 3 is 1.47 bits per heavy atom. The molecule has 3 aromatic rings. The van der Waals surface area contributed by atoms with Crippen LogP contribution >= 0.6 is 65.9 Å². The van der Waals surface area contributed by atoms with Crippen LogP contribution < -0.4 is 0 Å². The second kappa shape index (κ2) is 5.45. The van der Waals surface area contributed by atoms with E-state index < -0.39 is 0 Å². The monoisotopic (exact) mass is 432 g/mol. The zero-order valence-electron chi connectivity index (χ0n) is 10.3. The summed E-state index contributed by atoms with van der Waals surface area (Å²) in [6.45, 7) is 4.35. The first-order chi connectivity index (χ1) is 9.04. The van der Waals surface area contributed by atoms with E-state index in [1.807, 2.05) is 11.3 Å². The smallest absolute Gasteiger partial charge is 0.0707 e. The van der Waals surface area contributed by atoms with Crippen LogP contribution in [0.5, 0.6) is 0 Å². The molecule has 5 heteroatoms. The van der Waals surface area contributed by atoms with Crippen molar-refractivity contribution in [1.29, 1.82) is 0 Å². The van der Waals surface area contributed by atoms with Gasteiger partial charge < -0.3 is 0 Å². The first-order valence-electron chi connectivity index (χ1n) is 5.67. The fourth-order valence-corrected chi connectivity index (χ4v) is 6.70. The maximum absolute atomic E-state index is 3.57. The average Bonchev–Trinajstić information content (AvgIpc) is 2.99. The molecule has 0 radical (unpaired) electrons. The van der Waals surface area contributed by atoms with Crippen LogP contribution in [0, 0.1) is 13.8 Å². The molecule has 3 rings (SSSR count). The van der Waals surface area contributed by atoms with Crippen molar-refractivity contribution in [1.82, 2.24) is 0 Å². The van der Waals surface area contributed by atoms with Crippen LogP contribution in [0.2, 0.25) is 0 Å². The van der Waals surface area contributed by atoms with Gasteiger partial charge in [0.2, 0.25) is 0 Å². The number of halogens is 2. The van der Waals surface area contributed by atoms with E-state index in [4.69, 9.17) is 0 Å². The van der Waals surface area contributed by atoms with Crippen molar-refractivity contribution in [3.8, 4) is 20.9 Å². The maximum atomic E-state index is 3.57. The summed E-state index contributed by atoms with van der Waals surface area (Å²) in [5.41, 5.74) is 2.69. The van der Waals surface area contributed by atoms with Crippen LogP contribution in [0.1, 0.15) is 9.75 Å². The van der Waals surface area contributed by atoms with E-state index in [-0.39, 0.29) is 0 Å². The third-order valence-corrected chi connectivity index (χ3v) is 7.17. The molecule has 0 saturated carbocycles. The van der Waals surface area contributed by atoms with Gasteiger partial charge >= 0.3 is 0 Å². The van der Waals surface area contributed by atoms with Crippen molar-refractivity contribution in [2.75, 3.05) is 0 Å². The molecular weight excluding hydrogens is 424 g/mol. The van der Waals surface area contributed by atoms with Gasteiger partial charge in [0.05, 0.1) is 7.57 Å². The molecule has 0 amide bonds. The summed E-state index contributed by atoms with van der Waals surface area (Å²) in [7, 11) is 0. The molecule has 3 heterocycles. The predicted octanol–water partition coefficient (Wildman–Crippen LogP) is 7.35. The van der Waals surface area contributed by atoms with Crippen LogP contribution in [0.4, 0.5) is 0 Å². The Morgan fingerprint density at radius 2 is 1.16 bits per heavy atom. The van der Waals surface area contributed by atoms with Gasteiger partial charge in [0.15, 0.2) is 0 Å². The number of thiophene rings is 3. The zero-order valence-corrected chi connectivity index (χ0v) is 15.9. The normalized spacial score (nSPS) is 11.2. The fraction of sp³-hybridized carbons (Fsp3) is 0.143. The second-order valence-electron chi connectivity index (χ2n) is 4.20. The van der Waals surface area contributed by atoms with Gasteiger partial charge in [0.25, 0.3) is 0 Å². The lowest BCUT2D eigenvalue weighted by Crippen LogP contribution is -1.68. The molecule has 0 aromatic carbocycles. The highest BCUT2D eigenvalue weighted by Crippen LogP contribution is 2.42. The van der Waals surface area contributed by atoms with Gasteiger partial charge in [0.1, 0.15) is 0 Å². The number of hydrogen-bond donors (Lipinski definition) is 0. The van der Waals surface area contributed by atoms with E-state index in [9.17, 15) is 0 Å². The third-order valence-electron chi connectivity index (χ3n) is 2.91. The minimum Gasteiger partial charge on any atom is -0.135 e. The van der Waals surface area contributed by atoms with E-state index in [1.54, 1.807) is 22.7 Å². The largest absolute Gasteiger partial charge is 0.135 e. The topological polar surface area (TPSA) is 0 Å². The third kappa shape index (κ3) is 2.76. The van der Waals surface area contributed by atoms with Crippen LogP contribution in [0.25, 0.3) is 20.9 Å². The fourth-order valence-electron chi connectivity index (χ4n) is 2.01. The van der Waals surface area contributed by atoms with Crippen LogP contribution in [-0.2, 0) is 0 Å². The van der Waals surface area contributed by atoms with Gasteiger partial charge in [-0.1, -0.05) is 0 Å². The maximum Gasteiger partial charge on any atom is 0.0707 e. The molecular formula is C14H10Br2S3. The van der Waals surface area contributed by atoms with Gasteiger partial charge in [-0.2, -0.15) is 0 Å². The summed E-state index contributed by atoms with van der Waals surface area (Å²) >= 11 is 12.6. The van der Waals surface area contributed by atoms with Crippen molar-refractivity contribution in [2.45, 2.75) is 13.8 Å². The Labute approximate surface area is 141 Å². The lowest BCUT2D eigenvalue weighted by Gasteiger charge is -1.95. The summed E-state index contributed by atoms with van der Waals surface area (Å²) in [4.78, 5) is 5.42. The SMILES string of the molecule is Cc1sc(Br)cc1-c1ccc(-c2cc(Br)sc2C)s1. The highest BCUT2D eigenvalue weighted by atomic mass is 79.9. The lowest BCUT2D eigenvalue weighted by atomic mass is 10.2. The number of hydrogen-bond acceptors (Lipinski definition) is 3. The Bertz CT molecular complexity index is 673. The quantitative estimate of drug-likeness (QED) is 0.396. The van der Waals surface area contributed by atoms with Crippen molar-refractivity contribution < 1.29 is 0 Å². The molecule has 19 heavy (non-hydrogen) atoms. The molecule has 0 N–H and O–H groups in total. The average molecular weight is 434 g/mol. The molecule has 0 bridgehead atoms. The molecule has 0 fully saturated rings. The molecule has 98 valence electrons. The van der Waals surface area contributed by atoms with Crippen molar-refractivity contribution >= 4 is 65.9 Å². The second-order valence-corrected chi connectivity index (χ2v) is 10.6. The van der Waals surface area contributed by atoms with E-state index in [0.29, 0.717) is 0 Å². The molecule has 0 atom stereocenters. The van der Waals surface area contributed by atoms with E-state index in [0.717, 1.165) is 0 Å². The van der Waals surface area contributed by atoms with Crippen LogP contribution in [0.15, 0.2) is 31.8 Å². The Balaban J connectivity index is 2.04. The van der Waals surface area contributed by atoms with E-state index in [1.165, 1.54) is 38.2 Å². The van der Waals surface area contributed by atoms with Crippen LogP contribution in [-0.4, -0.2) is 0 Å². The first-order valence-corrected chi connectivity index (χ1v) is 9.70. The number of rotatable bonds is 2. The van der Waals surface area contributed by atoms with Gasteiger partial charge in [-0.25, -0.2) is 0 Å². The van der Waals surface area contributed by atoms with Crippen molar-refractivity contribution in [3.05, 3.63) is 41.6 Å². The van der Waals surface area contributed by atoms with Gasteiger partial charge in [0, 0.05) is 30.6 Å². The summed E-state index contributed by atoms with van der Waals surface area (Å²) in [5, 5.41) is 0. The zero-order chi connectivity index (χ0) is 13.6. The lowest BCUT2D eigenvalue weighted by molar-refractivity contribution is 1.63. The minimum absolute atomic E-state index is 1.20. The number of aryl methyl sites for hydroxylation is 2. The summed E-state index contributed by atoms with van der Waals surface area (Å²) in [6, 6.07) is 8.89. The molecule has 0 unspecified atom stereocenters. The standard InChI is InChI=1S/C14H10Br2S3/c1-7-9(5-13(15)17-7)11-3-4-12(19-11)10-6-14(16)18-8(10)2/h3-6H,1-2H3. The molecule has 0 nitrogen and oxygen atoms in total.